The van der Waals surface area contributed by atoms with E-state index < -0.39 is 18.3 Å². The van der Waals surface area contributed by atoms with Gasteiger partial charge in [0.05, 0.1) is 24.4 Å². The molecule has 0 radical (unpaired) electrons. The highest BCUT2D eigenvalue weighted by molar-refractivity contribution is 5.89. The van der Waals surface area contributed by atoms with Gasteiger partial charge in [-0.25, -0.2) is 22.4 Å². The van der Waals surface area contributed by atoms with Gasteiger partial charge in [-0.05, 0) is 31.5 Å². The van der Waals surface area contributed by atoms with E-state index in [1.807, 2.05) is 0 Å². The van der Waals surface area contributed by atoms with E-state index in [4.69, 9.17) is 4.74 Å². The van der Waals surface area contributed by atoms with E-state index in [9.17, 15) is 13.2 Å². The maximum Gasteiger partial charge on any atom is 0.260 e. The standard InChI is InChI=1S/C17H15F3N6O/c1-8(16(19)20)26-13-6-10(4-5-12(13)22-24-26)14-11(18)7-25-15(14)17(27-3)21-9(2)23-25/h4-8,16H,1-3H3/t8-/m0/s1. The summed E-state index contributed by atoms with van der Waals surface area (Å²) in [5, 5.41) is 11.9. The molecular weight excluding hydrogens is 361 g/mol. The van der Waals surface area contributed by atoms with Crippen molar-refractivity contribution in [2.24, 2.45) is 0 Å². The number of methoxy groups -OCH3 is 1. The van der Waals surface area contributed by atoms with E-state index in [0.29, 0.717) is 27.9 Å². The minimum atomic E-state index is -2.61. The van der Waals surface area contributed by atoms with Gasteiger partial charge in [-0.2, -0.15) is 10.1 Å². The van der Waals surface area contributed by atoms with Gasteiger partial charge >= 0.3 is 0 Å². The molecule has 0 aliphatic heterocycles. The molecule has 1 atom stereocenters. The fourth-order valence-corrected chi connectivity index (χ4v) is 3.04. The van der Waals surface area contributed by atoms with Crippen molar-refractivity contribution in [1.29, 1.82) is 0 Å². The third-order valence-electron chi connectivity index (χ3n) is 4.36. The molecule has 4 rings (SSSR count). The first-order valence-corrected chi connectivity index (χ1v) is 8.13. The normalized spacial score (nSPS) is 13.0. The van der Waals surface area contributed by atoms with Crippen molar-refractivity contribution in [3.8, 4) is 17.0 Å². The number of halogens is 3. The third-order valence-corrected chi connectivity index (χ3v) is 4.36. The first-order chi connectivity index (χ1) is 12.9. The highest BCUT2D eigenvalue weighted by Crippen LogP contribution is 2.35. The number of alkyl halides is 2. The summed E-state index contributed by atoms with van der Waals surface area (Å²) in [5.41, 5.74) is 1.84. The van der Waals surface area contributed by atoms with Crippen molar-refractivity contribution in [3.05, 3.63) is 36.0 Å². The van der Waals surface area contributed by atoms with Crippen LogP contribution in [0.5, 0.6) is 5.88 Å². The van der Waals surface area contributed by atoms with Gasteiger partial charge in [-0.3, -0.25) is 0 Å². The number of aromatic nitrogens is 6. The van der Waals surface area contributed by atoms with Crippen LogP contribution in [0.3, 0.4) is 0 Å². The van der Waals surface area contributed by atoms with Gasteiger partial charge in [-0.1, -0.05) is 11.3 Å². The number of nitrogens with zero attached hydrogens (tertiary/aromatic N) is 6. The van der Waals surface area contributed by atoms with Crippen molar-refractivity contribution in [2.75, 3.05) is 7.11 Å². The summed E-state index contributed by atoms with van der Waals surface area (Å²) < 4.78 is 48.8. The Morgan fingerprint density at radius 2 is 2.00 bits per heavy atom. The molecule has 0 saturated carbocycles. The molecular formula is C17H15F3N6O. The molecule has 1 aromatic carbocycles. The summed E-state index contributed by atoms with van der Waals surface area (Å²) in [6.07, 6.45) is -1.38. The van der Waals surface area contributed by atoms with Crippen molar-refractivity contribution < 1.29 is 17.9 Å². The van der Waals surface area contributed by atoms with E-state index in [2.05, 4.69) is 20.4 Å². The lowest BCUT2D eigenvalue weighted by atomic mass is 10.1. The summed E-state index contributed by atoms with van der Waals surface area (Å²) in [6.45, 7) is 3.01. The fraction of sp³-hybridized carbons (Fsp3) is 0.294. The summed E-state index contributed by atoms with van der Waals surface area (Å²) in [4.78, 5) is 4.19. The zero-order chi connectivity index (χ0) is 19.3. The van der Waals surface area contributed by atoms with E-state index >= 15 is 0 Å². The van der Waals surface area contributed by atoms with Gasteiger partial charge in [0.2, 0.25) is 5.88 Å². The summed E-state index contributed by atoms with van der Waals surface area (Å²) >= 11 is 0. The van der Waals surface area contributed by atoms with Crippen molar-refractivity contribution in [2.45, 2.75) is 26.3 Å². The van der Waals surface area contributed by atoms with Gasteiger partial charge in [0.15, 0.2) is 5.82 Å². The van der Waals surface area contributed by atoms with Crippen LogP contribution in [-0.2, 0) is 0 Å². The Hall–Kier alpha value is -3.17. The van der Waals surface area contributed by atoms with Gasteiger partial charge in [0.1, 0.15) is 22.9 Å². The zero-order valence-electron chi connectivity index (χ0n) is 14.7. The maximum absolute atomic E-state index is 14.7. The van der Waals surface area contributed by atoms with Crippen molar-refractivity contribution >= 4 is 16.6 Å². The van der Waals surface area contributed by atoms with E-state index in [1.165, 1.54) is 24.7 Å². The number of fused-ring (bicyclic) bond motifs is 2. The number of hydrogen-bond donors (Lipinski definition) is 0. The molecule has 0 fully saturated rings. The number of ether oxygens (including phenoxy) is 1. The molecule has 7 nitrogen and oxygen atoms in total. The summed E-state index contributed by atoms with van der Waals surface area (Å²) in [7, 11) is 1.43. The van der Waals surface area contributed by atoms with Crippen molar-refractivity contribution in [1.82, 2.24) is 29.6 Å². The van der Waals surface area contributed by atoms with Gasteiger partial charge in [-0.15, -0.1) is 5.10 Å². The highest BCUT2D eigenvalue weighted by Gasteiger charge is 2.23. The Morgan fingerprint density at radius 1 is 1.22 bits per heavy atom. The van der Waals surface area contributed by atoms with Crippen LogP contribution in [-0.4, -0.2) is 43.1 Å². The predicted octanol–water partition coefficient (Wildman–Crippen LogP) is 3.42. The Bertz CT molecular complexity index is 1150. The molecule has 10 heteroatoms. The predicted molar refractivity (Wildman–Crippen MR) is 91.5 cm³/mol. The first-order valence-electron chi connectivity index (χ1n) is 8.13. The average molecular weight is 376 g/mol. The minimum absolute atomic E-state index is 0.214. The first kappa shape index (κ1) is 17.3. The zero-order valence-corrected chi connectivity index (χ0v) is 14.7. The lowest BCUT2D eigenvalue weighted by Gasteiger charge is -2.11. The number of hydrogen-bond acceptors (Lipinski definition) is 5. The topological polar surface area (TPSA) is 70.1 Å². The monoisotopic (exact) mass is 376 g/mol. The third kappa shape index (κ3) is 2.68. The Morgan fingerprint density at radius 3 is 2.70 bits per heavy atom. The molecule has 0 unspecified atom stereocenters. The molecule has 4 aromatic rings. The summed E-state index contributed by atoms with van der Waals surface area (Å²) in [6, 6.07) is 3.66. The second kappa shape index (κ2) is 6.22. The largest absolute Gasteiger partial charge is 0.479 e. The van der Waals surface area contributed by atoms with E-state index in [1.54, 1.807) is 25.1 Å². The van der Waals surface area contributed by atoms with Gasteiger partial charge < -0.3 is 4.74 Å². The molecule has 140 valence electrons. The molecule has 0 aliphatic rings. The lowest BCUT2D eigenvalue weighted by molar-refractivity contribution is 0.0866. The average Bonchev–Trinajstić information content (AvgIpc) is 3.19. The van der Waals surface area contributed by atoms with E-state index in [-0.39, 0.29) is 11.4 Å². The SMILES string of the molecule is COc1nc(C)nn2cc(F)c(-c3ccc4nnn([C@@H](C)C(F)F)c4c3)c12. The molecule has 0 saturated heterocycles. The van der Waals surface area contributed by atoms with Crippen LogP contribution in [0.1, 0.15) is 18.8 Å². The quantitative estimate of drug-likeness (QED) is 0.546. The number of rotatable bonds is 4. The van der Waals surface area contributed by atoms with Gasteiger partial charge in [0, 0.05) is 0 Å². The number of aryl methyl sites for hydroxylation is 1. The van der Waals surface area contributed by atoms with Crippen LogP contribution < -0.4 is 4.74 Å². The molecule has 0 bridgehead atoms. The Kier molecular flexibility index (Phi) is 3.97. The van der Waals surface area contributed by atoms with Crippen LogP contribution in [0.15, 0.2) is 24.4 Å². The van der Waals surface area contributed by atoms with Crippen LogP contribution in [0, 0.1) is 12.7 Å². The number of benzene rings is 1. The van der Waals surface area contributed by atoms with Crippen LogP contribution in [0.25, 0.3) is 27.7 Å². The second-order valence-electron chi connectivity index (χ2n) is 6.13. The summed E-state index contributed by atoms with van der Waals surface area (Å²) in [5.74, 6) is 0.104. The fourth-order valence-electron chi connectivity index (χ4n) is 3.04. The Balaban J connectivity index is 1.97. The van der Waals surface area contributed by atoms with Crippen LogP contribution >= 0.6 is 0 Å². The van der Waals surface area contributed by atoms with Gasteiger partial charge in [0.25, 0.3) is 6.43 Å². The van der Waals surface area contributed by atoms with Crippen molar-refractivity contribution in [3.63, 3.8) is 0 Å². The second-order valence-corrected chi connectivity index (χ2v) is 6.13. The highest BCUT2D eigenvalue weighted by atomic mass is 19.3. The molecule has 27 heavy (non-hydrogen) atoms. The van der Waals surface area contributed by atoms with Crippen LogP contribution in [0.4, 0.5) is 13.2 Å². The smallest absolute Gasteiger partial charge is 0.260 e. The molecule has 0 aliphatic carbocycles. The maximum atomic E-state index is 14.7. The lowest BCUT2D eigenvalue weighted by Crippen LogP contribution is -2.15. The van der Waals surface area contributed by atoms with E-state index in [0.717, 1.165) is 4.68 Å². The Labute approximate surface area is 151 Å². The molecule has 0 N–H and O–H groups in total. The van der Waals surface area contributed by atoms with Crippen LogP contribution in [0.2, 0.25) is 0 Å². The molecule has 3 aromatic heterocycles. The molecule has 3 heterocycles. The molecule has 0 spiro atoms. The minimum Gasteiger partial charge on any atom is -0.479 e. The molecule has 0 amide bonds.